The zero-order valence-corrected chi connectivity index (χ0v) is 13.0. The van der Waals surface area contributed by atoms with E-state index in [2.05, 4.69) is 12.6 Å². The number of rotatable bonds is 6. The Morgan fingerprint density at radius 2 is 1.54 bits per heavy atom. The van der Waals surface area contributed by atoms with Crippen LogP contribution in [-0.4, -0.2) is 29.9 Å². The molecule has 13 heavy (non-hydrogen) atoms. The first-order valence-electron chi connectivity index (χ1n) is 2.89. The highest BCUT2D eigenvalue weighted by Crippen LogP contribution is 2.58. The van der Waals surface area contributed by atoms with Crippen molar-refractivity contribution >= 4 is 75.5 Å². The van der Waals surface area contributed by atoms with Crippen LogP contribution in [-0.2, 0) is 8.87 Å². The molecule has 0 N–H and O–H groups in total. The van der Waals surface area contributed by atoms with Gasteiger partial charge in [-0.15, -0.1) is 12.6 Å². The van der Waals surface area contributed by atoms with Gasteiger partial charge in [-0.05, 0) is 12.5 Å². The Labute approximate surface area is 104 Å². The lowest BCUT2D eigenvalue weighted by Crippen LogP contribution is -2.06. The highest BCUT2D eigenvalue weighted by Gasteiger charge is 2.32. The van der Waals surface area contributed by atoms with E-state index < -0.39 is 11.6 Å². The molecule has 0 aromatic heterocycles. The molecule has 0 saturated carbocycles. The third kappa shape index (κ3) is 7.92. The minimum Gasteiger partial charge on any atom is -0.218 e. The van der Waals surface area contributed by atoms with Gasteiger partial charge in [0.15, 0.2) is 2.74 Å². The molecule has 0 radical (unpaired) electrons. The third-order valence-corrected chi connectivity index (χ3v) is 11.4. The van der Waals surface area contributed by atoms with Gasteiger partial charge in [-0.25, -0.2) is 8.42 Å². The first-order valence-corrected chi connectivity index (χ1v) is 11.7. The predicted octanol–water partition coefficient (Wildman–Crippen LogP) is 3.24. The summed E-state index contributed by atoms with van der Waals surface area (Å²) in [5, 5.41) is 0. The Kier molecular flexibility index (Phi) is 7.63. The molecular formula is C4H10O2S7. The van der Waals surface area contributed by atoms with Crippen LogP contribution >= 0.6 is 66.6 Å². The quantitative estimate of drug-likeness (QED) is 0.458. The van der Waals surface area contributed by atoms with Crippen molar-refractivity contribution in [1.82, 2.24) is 0 Å². The summed E-state index contributed by atoms with van der Waals surface area (Å²) in [6.07, 6.45) is 5.00. The summed E-state index contributed by atoms with van der Waals surface area (Å²) in [5.41, 5.74) is 0. The Bertz CT molecular complexity index is 229. The molecule has 0 aliphatic carbocycles. The molecule has 0 fully saturated rings. The first kappa shape index (κ1) is 15.0. The van der Waals surface area contributed by atoms with E-state index >= 15 is 0 Å². The molecule has 0 amide bonds. The minimum atomic E-state index is -3.05. The summed E-state index contributed by atoms with van der Waals surface area (Å²) in [6.45, 7) is 0. The van der Waals surface area contributed by atoms with Crippen molar-refractivity contribution in [2.75, 3.05) is 18.8 Å². The summed E-state index contributed by atoms with van der Waals surface area (Å²) in [5.74, 6) is 0. The van der Waals surface area contributed by atoms with Crippen LogP contribution in [0.4, 0.5) is 0 Å². The molecule has 9 heteroatoms. The molecule has 0 rings (SSSR count). The van der Waals surface area contributed by atoms with Crippen molar-refractivity contribution in [2.24, 2.45) is 0 Å². The predicted molar refractivity (Wildman–Crippen MR) is 76.4 cm³/mol. The van der Waals surface area contributed by atoms with Gasteiger partial charge in [0.1, 0.15) is 0 Å². The van der Waals surface area contributed by atoms with Crippen LogP contribution in [0.15, 0.2) is 0 Å². The van der Waals surface area contributed by atoms with Crippen molar-refractivity contribution in [2.45, 2.75) is 2.74 Å². The fraction of sp³-hybridized carbons (Fsp3) is 1.00. The maximum atomic E-state index is 11.1. The van der Waals surface area contributed by atoms with Crippen LogP contribution in [0.5, 0.6) is 0 Å². The van der Waals surface area contributed by atoms with Gasteiger partial charge in [0.2, 0.25) is 8.87 Å². The summed E-state index contributed by atoms with van der Waals surface area (Å²) in [7, 11) is 3.71. The van der Waals surface area contributed by atoms with E-state index in [1.165, 1.54) is 49.4 Å². The largest absolute Gasteiger partial charge is 0.218 e. The molecule has 0 unspecified atom stereocenters. The normalized spacial score (nSPS) is 13.2. The van der Waals surface area contributed by atoms with Crippen LogP contribution in [0.2, 0.25) is 0 Å². The molecule has 0 heterocycles. The second-order valence-electron chi connectivity index (χ2n) is 1.81. The van der Waals surface area contributed by atoms with Gasteiger partial charge in [0.05, 0.1) is 0 Å². The molecule has 0 bridgehead atoms. The monoisotopic (exact) mass is 314 g/mol. The molecule has 0 aromatic carbocycles. The van der Waals surface area contributed by atoms with Crippen LogP contribution in [0.1, 0.15) is 0 Å². The van der Waals surface area contributed by atoms with Crippen LogP contribution in [0, 0.1) is 0 Å². The van der Waals surface area contributed by atoms with Gasteiger partial charge in [-0.2, -0.15) is 0 Å². The first-order chi connectivity index (χ1) is 5.83. The Morgan fingerprint density at radius 1 is 1.15 bits per heavy atom. The topological polar surface area (TPSA) is 34.1 Å². The Morgan fingerprint density at radius 3 is 1.77 bits per heavy atom. The van der Waals surface area contributed by atoms with Gasteiger partial charge in [0, 0.05) is 17.0 Å². The van der Waals surface area contributed by atoms with Crippen molar-refractivity contribution in [3.63, 3.8) is 0 Å². The van der Waals surface area contributed by atoms with Crippen molar-refractivity contribution < 1.29 is 8.42 Å². The standard InChI is InChI=1S/C4H10O2S7/c1-8-10-4(7,11-9-2)12-13(3,5)6/h7H,1-3H3. The molecule has 0 atom stereocenters. The van der Waals surface area contributed by atoms with Crippen LogP contribution in [0.25, 0.3) is 0 Å². The molecule has 80 valence electrons. The fourth-order valence-corrected chi connectivity index (χ4v) is 14.2. The van der Waals surface area contributed by atoms with Crippen molar-refractivity contribution in [3.8, 4) is 0 Å². The molecule has 0 aromatic rings. The van der Waals surface area contributed by atoms with E-state index in [1.807, 2.05) is 12.5 Å². The Hall–Kier alpha value is 2.05. The summed E-state index contributed by atoms with van der Waals surface area (Å²) in [4.78, 5) is 0. The van der Waals surface area contributed by atoms with Gasteiger partial charge in [-0.3, -0.25) is 0 Å². The third-order valence-electron chi connectivity index (χ3n) is 0.634. The van der Waals surface area contributed by atoms with Gasteiger partial charge < -0.3 is 0 Å². The van der Waals surface area contributed by atoms with E-state index in [-0.39, 0.29) is 0 Å². The molecule has 0 aliphatic heterocycles. The molecule has 0 aliphatic rings. The number of hydrogen-bond donors (Lipinski definition) is 1. The summed E-state index contributed by atoms with van der Waals surface area (Å²) in [6, 6.07) is 0. The molecule has 2 nitrogen and oxygen atoms in total. The van der Waals surface area contributed by atoms with Gasteiger partial charge in [0.25, 0.3) is 0 Å². The average molecular weight is 315 g/mol. The Balaban J connectivity index is 4.40. The highest BCUT2D eigenvalue weighted by atomic mass is 33.2. The lowest BCUT2D eigenvalue weighted by molar-refractivity contribution is 0.615. The van der Waals surface area contributed by atoms with Gasteiger partial charge >= 0.3 is 0 Å². The van der Waals surface area contributed by atoms with Crippen molar-refractivity contribution in [3.05, 3.63) is 0 Å². The zero-order valence-electron chi connectivity index (χ0n) is 7.21. The molecule has 0 saturated heterocycles. The minimum absolute atomic E-state index is 0.633. The zero-order chi connectivity index (χ0) is 10.5. The van der Waals surface area contributed by atoms with Crippen LogP contribution < -0.4 is 0 Å². The van der Waals surface area contributed by atoms with E-state index in [0.717, 1.165) is 10.8 Å². The van der Waals surface area contributed by atoms with E-state index in [1.54, 1.807) is 0 Å². The van der Waals surface area contributed by atoms with Crippen LogP contribution in [0.3, 0.4) is 0 Å². The lowest BCUT2D eigenvalue weighted by Gasteiger charge is -2.22. The maximum absolute atomic E-state index is 11.1. The van der Waals surface area contributed by atoms with E-state index in [9.17, 15) is 8.42 Å². The van der Waals surface area contributed by atoms with E-state index in [0.29, 0.717) is 0 Å². The second-order valence-corrected chi connectivity index (χ2v) is 13.9. The van der Waals surface area contributed by atoms with E-state index in [4.69, 9.17) is 0 Å². The molecular weight excluding hydrogens is 305 g/mol. The SMILES string of the molecule is CSSC(S)(SSC)SS(C)(=O)=O. The smallest absolute Gasteiger partial charge is 0.201 e. The highest BCUT2D eigenvalue weighted by molar-refractivity contribution is 8.96. The summed E-state index contributed by atoms with van der Waals surface area (Å²) >= 11 is 4.34. The lowest BCUT2D eigenvalue weighted by atomic mass is 11.8. The second kappa shape index (κ2) is 6.59. The fourth-order valence-electron chi connectivity index (χ4n) is 0.444. The molecule has 0 spiro atoms. The van der Waals surface area contributed by atoms with Crippen molar-refractivity contribution in [1.29, 1.82) is 0 Å². The number of hydrogen-bond acceptors (Lipinski definition) is 8. The maximum Gasteiger partial charge on any atom is 0.201 e. The average Bonchev–Trinajstić information content (AvgIpc) is 1.82. The summed E-state index contributed by atoms with van der Waals surface area (Å²) < 4.78 is 21.5. The van der Waals surface area contributed by atoms with Gasteiger partial charge in [-0.1, -0.05) is 43.2 Å². The number of thiol groups is 1.